The fourth-order valence-electron chi connectivity index (χ4n) is 5.00. The molecule has 0 N–H and O–H groups in total. The first kappa shape index (κ1) is 22.6. The van der Waals surface area contributed by atoms with Crippen LogP contribution in [0.15, 0.2) is 65.7 Å². The molecule has 0 saturated carbocycles. The van der Waals surface area contributed by atoms with Gasteiger partial charge in [-0.25, -0.2) is 4.98 Å². The van der Waals surface area contributed by atoms with Gasteiger partial charge >= 0.3 is 0 Å². The van der Waals surface area contributed by atoms with Gasteiger partial charge in [0.25, 0.3) is 5.56 Å². The Morgan fingerprint density at radius 3 is 2.44 bits per heavy atom. The summed E-state index contributed by atoms with van der Waals surface area (Å²) in [5.74, 6) is 0.920. The van der Waals surface area contributed by atoms with Crippen molar-refractivity contribution in [2.75, 3.05) is 51.3 Å². The predicted molar refractivity (Wildman–Crippen MR) is 134 cm³/mol. The van der Waals surface area contributed by atoms with E-state index < -0.39 is 0 Å². The molecule has 1 aromatic heterocycles. The molecule has 0 atom stereocenters. The summed E-state index contributed by atoms with van der Waals surface area (Å²) in [7, 11) is 1.72. The lowest BCUT2D eigenvalue weighted by Crippen LogP contribution is -2.48. The number of anilines is 1. The van der Waals surface area contributed by atoms with E-state index in [1.807, 2.05) is 18.2 Å². The van der Waals surface area contributed by atoms with Gasteiger partial charge in [0.2, 0.25) is 0 Å². The lowest BCUT2D eigenvalue weighted by Gasteiger charge is -2.36. The third-order valence-electron chi connectivity index (χ3n) is 6.97. The molecule has 0 bridgehead atoms. The average Bonchev–Trinajstić information content (AvgIpc) is 2.89. The predicted octanol–water partition coefficient (Wildman–Crippen LogP) is 2.63. The molecule has 0 unspecified atom stereocenters. The van der Waals surface area contributed by atoms with Crippen LogP contribution in [-0.4, -0.2) is 65.7 Å². The molecule has 2 aliphatic heterocycles. The van der Waals surface area contributed by atoms with Crippen molar-refractivity contribution in [3.8, 4) is 5.75 Å². The van der Waals surface area contributed by atoms with Crippen LogP contribution in [-0.2, 0) is 26.1 Å². The summed E-state index contributed by atoms with van der Waals surface area (Å²) < 4.78 is 7.33. The van der Waals surface area contributed by atoms with Crippen LogP contribution in [0.1, 0.15) is 16.8 Å². The summed E-state index contributed by atoms with van der Waals surface area (Å²) in [6, 6.07) is 18.7. The Kier molecular flexibility index (Phi) is 6.92. The fraction of sp³-hybridized carbons (Fsp3) is 0.407. The molecule has 7 nitrogen and oxygen atoms in total. The molecule has 2 aromatic carbocycles. The van der Waals surface area contributed by atoms with Crippen molar-refractivity contribution < 1.29 is 4.74 Å². The minimum Gasteiger partial charge on any atom is -0.495 e. The van der Waals surface area contributed by atoms with Gasteiger partial charge in [-0.1, -0.05) is 42.5 Å². The van der Waals surface area contributed by atoms with E-state index in [0.29, 0.717) is 13.1 Å². The monoisotopic (exact) mass is 459 g/mol. The molecule has 7 heteroatoms. The van der Waals surface area contributed by atoms with Crippen LogP contribution in [0.3, 0.4) is 0 Å². The Hall–Kier alpha value is -3.16. The number of fused-ring (bicyclic) bond motifs is 1. The Labute approximate surface area is 201 Å². The van der Waals surface area contributed by atoms with Crippen LogP contribution in [0.4, 0.5) is 5.69 Å². The van der Waals surface area contributed by atoms with Crippen molar-refractivity contribution in [2.24, 2.45) is 0 Å². The second kappa shape index (κ2) is 10.4. The molecule has 34 heavy (non-hydrogen) atoms. The van der Waals surface area contributed by atoms with E-state index in [1.54, 1.807) is 18.0 Å². The van der Waals surface area contributed by atoms with Gasteiger partial charge in [0.15, 0.2) is 0 Å². The standard InChI is InChI=1S/C27H33N5O2/c1-34-26-10-6-5-9-25(26)31-16-13-29(14-17-31)15-18-32-21-28-24-11-12-30(20-23(24)27(32)33)19-22-7-3-2-4-8-22/h2-10,21H,11-20H2,1H3. The Morgan fingerprint density at radius 1 is 0.882 bits per heavy atom. The molecule has 2 aliphatic rings. The smallest absolute Gasteiger partial charge is 0.258 e. The van der Waals surface area contributed by atoms with Crippen molar-refractivity contribution in [3.63, 3.8) is 0 Å². The number of para-hydroxylation sites is 2. The summed E-state index contributed by atoms with van der Waals surface area (Å²) in [5.41, 5.74) is 4.39. The van der Waals surface area contributed by atoms with Crippen molar-refractivity contribution in [3.05, 3.63) is 88.1 Å². The number of hydrogen-bond donors (Lipinski definition) is 0. The number of benzene rings is 2. The molecule has 1 saturated heterocycles. The van der Waals surface area contributed by atoms with Crippen LogP contribution in [0, 0.1) is 0 Å². The van der Waals surface area contributed by atoms with Crippen LogP contribution >= 0.6 is 0 Å². The van der Waals surface area contributed by atoms with Crippen molar-refractivity contribution >= 4 is 5.69 Å². The molecule has 5 rings (SSSR count). The topological polar surface area (TPSA) is 53.8 Å². The maximum atomic E-state index is 13.2. The lowest BCUT2D eigenvalue weighted by atomic mass is 10.1. The van der Waals surface area contributed by atoms with Gasteiger partial charge < -0.3 is 9.64 Å². The SMILES string of the molecule is COc1ccccc1N1CCN(CCn2cnc3c(c2=O)CN(Cc2ccccc2)CC3)CC1. The molecule has 0 radical (unpaired) electrons. The van der Waals surface area contributed by atoms with E-state index in [-0.39, 0.29) is 5.56 Å². The number of aromatic nitrogens is 2. The normalized spacial score (nSPS) is 16.9. The maximum absolute atomic E-state index is 13.2. The third kappa shape index (κ3) is 5.00. The van der Waals surface area contributed by atoms with Gasteiger partial charge in [0, 0.05) is 65.3 Å². The molecule has 0 spiro atoms. The Bertz CT molecular complexity index is 1160. The molecule has 0 aliphatic carbocycles. The van der Waals surface area contributed by atoms with E-state index in [9.17, 15) is 4.79 Å². The van der Waals surface area contributed by atoms with Crippen LogP contribution in [0.5, 0.6) is 5.75 Å². The Balaban J connectivity index is 1.18. The highest BCUT2D eigenvalue weighted by Gasteiger charge is 2.23. The second-order valence-electron chi connectivity index (χ2n) is 9.12. The number of hydrogen-bond acceptors (Lipinski definition) is 6. The first-order valence-electron chi connectivity index (χ1n) is 12.1. The Morgan fingerprint density at radius 2 is 1.65 bits per heavy atom. The first-order valence-corrected chi connectivity index (χ1v) is 12.1. The molecule has 178 valence electrons. The van der Waals surface area contributed by atoms with E-state index in [2.05, 4.69) is 56.1 Å². The van der Waals surface area contributed by atoms with Gasteiger partial charge in [-0.2, -0.15) is 0 Å². The van der Waals surface area contributed by atoms with Crippen molar-refractivity contribution in [1.29, 1.82) is 0 Å². The second-order valence-corrected chi connectivity index (χ2v) is 9.12. The van der Waals surface area contributed by atoms with E-state index in [0.717, 1.165) is 74.9 Å². The molecule has 0 amide bonds. The average molecular weight is 460 g/mol. The van der Waals surface area contributed by atoms with Crippen LogP contribution in [0.25, 0.3) is 0 Å². The first-order chi connectivity index (χ1) is 16.7. The molecular weight excluding hydrogens is 426 g/mol. The van der Waals surface area contributed by atoms with Gasteiger partial charge in [-0.3, -0.25) is 19.2 Å². The number of rotatable bonds is 7. The molecule has 3 heterocycles. The minimum absolute atomic E-state index is 0.121. The van der Waals surface area contributed by atoms with Gasteiger partial charge in [0.1, 0.15) is 5.75 Å². The van der Waals surface area contributed by atoms with Gasteiger partial charge in [-0.15, -0.1) is 0 Å². The maximum Gasteiger partial charge on any atom is 0.258 e. The zero-order valence-corrected chi connectivity index (χ0v) is 19.9. The minimum atomic E-state index is 0.121. The zero-order valence-electron chi connectivity index (χ0n) is 19.9. The summed E-state index contributed by atoms with van der Waals surface area (Å²) in [6.07, 6.45) is 2.59. The van der Waals surface area contributed by atoms with Crippen LogP contribution < -0.4 is 15.2 Å². The van der Waals surface area contributed by atoms with Gasteiger partial charge in [-0.05, 0) is 17.7 Å². The molecular formula is C27H33N5O2. The van der Waals surface area contributed by atoms with Crippen molar-refractivity contribution in [1.82, 2.24) is 19.4 Å². The summed E-state index contributed by atoms with van der Waals surface area (Å²) >= 11 is 0. The van der Waals surface area contributed by atoms with E-state index in [4.69, 9.17) is 4.74 Å². The summed E-state index contributed by atoms with van der Waals surface area (Å²) in [5, 5.41) is 0. The highest BCUT2D eigenvalue weighted by molar-refractivity contribution is 5.58. The highest BCUT2D eigenvalue weighted by atomic mass is 16.5. The largest absolute Gasteiger partial charge is 0.495 e. The van der Waals surface area contributed by atoms with Gasteiger partial charge in [0.05, 0.1) is 30.4 Å². The number of nitrogens with zero attached hydrogens (tertiary/aromatic N) is 5. The highest BCUT2D eigenvalue weighted by Crippen LogP contribution is 2.28. The number of ether oxygens (including phenoxy) is 1. The third-order valence-corrected chi connectivity index (χ3v) is 6.97. The molecule has 3 aromatic rings. The van der Waals surface area contributed by atoms with E-state index in [1.165, 1.54) is 5.56 Å². The number of methoxy groups -OCH3 is 1. The summed E-state index contributed by atoms with van der Waals surface area (Å²) in [4.78, 5) is 25.1. The summed E-state index contributed by atoms with van der Waals surface area (Å²) in [6.45, 7) is 7.85. The van der Waals surface area contributed by atoms with Crippen molar-refractivity contribution in [2.45, 2.75) is 26.1 Å². The zero-order chi connectivity index (χ0) is 23.3. The number of piperazine rings is 1. The quantitative estimate of drug-likeness (QED) is 0.542. The van der Waals surface area contributed by atoms with Crippen LogP contribution in [0.2, 0.25) is 0 Å². The van der Waals surface area contributed by atoms with E-state index >= 15 is 0 Å². The fourth-order valence-corrected chi connectivity index (χ4v) is 5.00. The molecule has 1 fully saturated rings. The lowest BCUT2D eigenvalue weighted by molar-refractivity contribution is 0.235.